The molecular formula is C27H31NO6. The van der Waals surface area contributed by atoms with Gasteiger partial charge in [0, 0.05) is 6.42 Å². The van der Waals surface area contributed by atoms with Gasteiger partial charge >= 0.3 is 11.9 Å². The molecule has 0 aromatic heterocycles. The number of carbonyl (C=O) groups is 2. The largest absolute Gasteiger partial charge is 0.494 e. The van der Waals surface area contributed by atoms with E-state index in [2.05, 4.69) is 37.6 Å². The van der Waals surface area contributed by atoms with Crippen LogP contribution in [0.4, 0.5) is 0 Å². The molecule has 0 saturated heterocycles. The van der Waals surface area contributed by atoms with E-state index in [0.717, 1.165) is 12.2 Å². The molecule has 0 heterocycles. The van der Waals surface area contributed by atoms with Crippen LogP contribution in [0.1, 0.15) is 51.2 Å². The molecular weight excluding hydrogens is 434 g/mol. The molecule has 0 bridgehead atoms. The van der Waals surface area contributed by atoms with Gasteiger partial charge in [-0.1, -0.05) is 39.0 Å². The van der Waals surface area contributed by atoms with Crippen molar-refractivity contribution in [3.63, 3.8) is 0 Å². The lowest BCUT2D eigenvalue weighted by molar-refractivity contribution is -0.136. The Kier molecular flexibility index (Phi) is 9.69. The van der Waals surface area contributed by atoms with Gasteiger partial charge in [0.15, 0.2) is 11.5 Å². The summed E-state index contributed by atoms with van der Waals surface area (Å²) in [5.41, 5.74) is 1.76. The number of esters is 2. The standard InChI is InChI=1S/C27H31NO6/c1-6-27(2,3)21-10-12-22(13-11-21)33-15-7-8-25(29)34-23-14-9-19(17-24(23)31-4)16-20(18-28)26(30)32-5/h9-14,16-17H,6-8,15H2,1-5H3/b20-16+. The summed E-state index contributed by atoms with van der Waals surface area (Å²) in [6, 6.07) is 14.5. The van der Waals surface area contributed by atoms with Crippen LogP contribution in [0.15, 0.2) is 48.0 Å². The summed E-state index contributed by atoms with van der Waals surface area (Å²) >= 11 is 0. The van der Waals surface area contributed by atoms with Gasteiger partial charge in [-0.05, 0) is 59.7 Å². The average Bonchev–Trinajstić information content (AvgIpc) is 2.85. The van der Waals surface area contributed by atoms with E-state index in [4.69, 9.17) is 19.5 Å². The Bertz CT molecular complexity index is 1060. The molecule has 0 fully saturated rings. The van der Waals surface area contributed by atoms with Crippen LogP contribution in [0, 0.1) is 11.3 Å². The molecule has 0 unspecified atom stereocenters. The van der Waals surface area contributed by atoms with Crippen molar-refractivity contribution in [2.45, 2.75) is 45.4 Å². The molecule has 0 atom stereocenters. The second-order valence-electron chi connectivity index (χ2n) is 8.26. The van der Waals surface area contributed by atoms with Crippen LogP contribution in [0.2, 0.25) is 0 Å². The van der Waals surface area contributed by atoms with Gasteiger partial charge in [0.1, 0.15) is 17.4 Å². The van der Waals surface area contributed by atoms with Crippen molar-refractivity contribution in [1.82, 2.24) is 0 Å². The topological polar surface area (TPSA) is 94.9 Å². The Balaban J connectivity index is 1.89. The first-order valence-electron chi connectivity index (χ1n) is 11.1. The Hall–Kier alpha value is -3.79. The molecule has 0 spiro atoms. The number of rotatable bonds is 11. The third-order valence-electron chi connectivity index (χ3n) is 5.56. The molecule has 0 aliphatic rings. The van der Waals surface area contributed by atoms with Crippen molar-refractivity contribution >= 4 is 18.0 Å². The summed E-state index contributed by atoms with van der Waals surface area (Å²) in [4.78, 5) is 23.8. The van der Waals surface area contributed by atoms with Crippen LogP contribution in [-0.4, -0.2) is 32.8 Å². The minimum atomic E-state index is -0.736. The first-order chi connectivity index (χ1) is 16.2. The highest BCUT2D eigenvalue weighted by atomic mass is 16.6. The van der Waals surface area contributed by atoms with Crippen LogP contribution in [0.5, 0.6) is 17.2 Å². The van der Waals surface area contributed by atoms with Crippen molar-refractivity contribution in [3.8, 4) is 23.3 Å². The summed E-state index contributed by atoms with van der Waals surface area (Å²) in [5.74, 6) is 0.155. The third-order valence-corrected chi connectivity index (χ3v) is 5.56. The van der Waals surface area contributed by atoms with E-state index in [1.165, 1.54) is 25.9 Å². The molecule has 7 heteroatoms. The fourth-order valence-corrected chi connectivity index (χ4v) is 3.06. The second kappa shape index (κ2) is 12.4. The molecule has 0 radical (unpaired) electrons. The van der Waals surface area contributed by atoms with Gasteiger partial charge in [0.25, 0.3) is 0 Å². The van der Waals surface area contributed by atoms with Gasteiger partial charge in [0.05, 0.1) is 20.8 Å². The zero-order chi connectivity index (χ0) is 25.1. The maximum absolute atomic E-state index is 12.3. The molecule has 34 heavy (non-hydrogen) atoms. The van der Waals surface area contributed by atoms with E-state index in [0.29, 0.717) is 24.3 Å². The highest BCUT2D eigenvalue weighted by Crippen LogP contribution is 2.30. The molecule has 0 aliphatic heterocycles. The van der Waals surface area contributed by atoms with E-state index < -0.39 is 11.9 Å². The molecule has 0 N–H and O–H groups in total. The van der Waals surface area contributed by atoms with Crippen LogP contribution < -0.4 is 14.2 Å². The molecule has 0 saturated carbocycles. The predicted octanol–water partition coefficient (Wildman–Crippen LogP) is 5.23. The lowest BCUT2D eigenvalue weighted by Crippen LogP contribution is -2.15. The molecule has 2 aromatic carbocycles. The van der Waals surface area contributed by atoms with Crippen molar-refractivity contribution in [2.24, 2.45) is 0 Å². The molecule has 2 rings (SSSR count). The molecule has 180 valence electrons. The van der Waals surface area contributed by atoms with Gasteiger partial charge in [-0.25, -0.2) is 4.79 Å². The average molecular weight is 466 g/mol. The molecule has 0 aliphatic carbocycles. The number of nitrogens with zero attached hydrogens (tertiary/aromatic N) is 1. The van der Waals surface area contributed by atoms with E-state index in [9.17, 15) is 9.59 Å². The van der Waals surface area contributed by atoms with Crippen LogP contribution in [0.3, 0.4) is 0 Å². The Morgan fingerprint density at radius 2 is 1.76 bits per heavy atom. The van der Waals surface area contributed by atoms with Crippen molar-refractivity contribution in [3.05, 3.63) is 59.2 Å². The monoisotopic (exact) mass is 465 g/mol. The Labute approximate surface area is 200 Å². The lowest BCUT2D eigenvalue weighted by Gasteiger charge is -2.23. The molecule has 7 nitrogen and oxygen atoms in total. The first-order valence-corrected chi connectivity index (χ1v) is 11.1. The number of hydrogen-bond donors (Lipinski definition) is 0. The smallest absolute Gasteiger partial charge is 0.348 e. The zero-order valence-electron chi connectivity index (χ0n) is 20.3. The Morgan fingerprint density at radius 3 is 2.35 bits per heavy atom. The first kappa shape index (κ1) is 26.5. The van der Waals surface area contributed by atoms with E-state index in [1.807, 2.05) is 12.1 Å². The highest BCUT2D eigenvalue weighted by Gasteiger charge is 2.17. The third kappa shape index (κ3) is 7.38. The number of methoxy groups -OCH3 is 2. The van der Waals surface area contributed by atoms with Gasteiger partial charge in [0.2, 0.25) is 0 Å². The van der Waals surface area contributed by atoms with Crippen LogP contribution >= 0.6 is 0 Å². The Morgan fingerprint density at radius 1 is 1.06 bits per heavy atom. The lowest BCUT2D eigenvalue weighted by atomic mass is 9.82. The van der Waals surface area contributed by atoms with Gasteiger partial charge in [-0.2, -0.15) is 5.26 Å². The number of benzene rings is 2. The quantitative estimate of drug-likeness (QED) is 0.147. The van der Waals surface area contributed by atoms with E-state index >= 15 is 0 Å². The minimum Gasteiger partial charge on any atom is -0.494 e. The van der Waals surface area contributed by atoms with E-state index in [1.54, 1.807) is 24.3 Å². The van der Waals surface area contributed by atoms with Crippen molar-refractivity contribution < 1.29 is 28.5 Å². The van der Waals surface area contributed by atoms with Crippen molar-refractivity contribution in [2.75, 3.05) is 20.8 Å². The zero-order valence-corrected chi connectivity index (χ0v) is 20.3. The van der Waals surface area contributed by atoms with E-state index in [-0.39, 0.29) is 23.2 Å². The van der Waals surface area contributed by atoms with Gasteiger partial charge < -0.3 is 18.9 Å². The maximum atomic E-state index is 12.3. The molecule has 0 amide bonds. The van der Waals surface area contributed by atoms with Gasteiger partial charge in [-0.3, -0.25) is 4.79 Å². The summed E-state index contributed by atoms with van der Waals surface area (Å²) < 4.78 is 21.0. The fourth-order valence-electron chi connectivity index (χ4n) is 3.06. The number of ether oxygens (including phenoxy) is 4. The van der Waals surface area contributed by atoms with Crippen molar-refractivity contribution in [1.29, 1.82) is 5.26 Å². The fraction of sp³-hybridized carbons (Fsp3) is 0.370. The second-order valence-corrected chi connectivity index (χ2v) is 8.26. The number of carbonyl (C=O) groups excluding carboxylic acids is 2. The maximum Gasteiger partial charge on any atom is 0.348 e. The summed E-state index contributed by atoms with van der Waals surface area (Å²) in [6.45, 7) is 6.97. The SMILES string of the molecule is CCC(C)(C)c1ccc(OCCCC(=O)Oc2ccc(/C=C(\C#N)C(=O)OC)cc2OC)cc1. The highest BCUT2D eigenvalue weighted by molar-refractivity contribution is 5.97. The summed E-state index contributed by atoms with van der Waals surface area (Å²) in [5, 5.41) is 9.09. The normalized spacial score (nSPS) is 11.4. The van der Waals surface area contributed by atoms with Crippen LogP contribution in [0.25, 0.3) is 6.08 Å². The van der Waals surface area contributed by atoms with Crippen LogP contribution in [-0.2, 0) is 19.7 Å². The molecule has 2 aromatic rings. The minimum absolute atomic E-state index is 0.122. The van der Waals surface area contributed by atoms with Gasteiger partial charge in [-0.15, -0.1) is 0 Å². The number of nitriles is 1. The predicted molar refractivity (Wildman–Crippen MR) is 129 cm³/mol. The summed E-state index contributed by atoms with van der Waals surface area (Å²) in [7, 11) is 2.64. The number of hydrogen-bond acceptors (Lipinski definition) is 7. The summed E-state index contributed by atoms with van der Waals surface area (Å²) in [6.07, 6.45) is 3.09.